The van der Waals surface area contributed by atoms with Crippen LogP contribution >= 0.6 is 11.8 Å². The lowest BCUT2D eigenvalue weighted by atomic mass is 10.2. The minimum absolute atomic E-state index is 0.629. The van der Waals surface area contributed by atoms with E-state index in [-0.39, 0.29) is 0 Å². The Labute approximate surface area is 92.7 Å². The minimum atomic E-state index is 0.629. The molecule has 15 heavy (non-hydrogen) atoms. The summed E-state index contributed by atoms with van der Waals surface area (Å²) < 4.78 is 5.26. The average Bonchev–Trinajstić information content (AvgIpc) is 2.58. The van der Waals surface area contributed by atoms with Crippen LogP contribution in [0.15, 0.2) is 39.0 Å². The molecule has 0 aliphatic rings. The van der Waals surface area contributed by atoms with Gasteiger partial charge in [-0.15, -0.1) is 0 Å². The normalized spacial score (nSPS) is 10.5. The molecule has 0 amide bonds. The fraction of sp³-hybridized carbons (Fsp3) is 0.182. The summed E-state index contributed by atoms with van der Waals surface area (Å²) in [5.41, 5.74) is 8.66. The van der Waals surface area contributed by atoms with Crippen molar-refractivity contribution in [2.75, 3.05) is 5.73 Å². The van der Waals surface area contributed by atoms with Gasteiger partial charge in [0.15, 0.2) is 0 Å². The Morgan fingerprint density at radius 3 is 2.80 bits per heavy atom. The summed E-state index contributed by atoms with van der Waals surface area (Å²) in [7, 11) is 0. The van der Waals surface area contributed by atoms with Crippen molar-refractivity contribution in [1.29, 1.82) is 0 Å². The number of nitrogens with two attached hydrogens (primary N) is 1. The summed E-state index contributed by atoms with van der Waals surface area (Å²) in [6.07, 6.45) is 1.63. The zero-order valence-electron chi connectivity index (χ0n) is 8.65. The Hall–Kier alpha value is -1.42. The van der Waals surface area contributed by atoms with E-state index < -0.39 is 0 Å². The molecule has 0 aliphatic heterocycles. The highest BCUT2D eigenvalue weighted by atomic mass is 32.2. The highest BCUT2D eigenvalue weighted by molar-refractivity contribution is 7.99. The van der Waals surface area contributed by atoms with Gasteiger partial charge < -0.3 is 10.2 Å². The maximum Gasteiger partial charge on any atom is 0.260 e. The molecule has 0 radical (unpaired) electrons. The molecule has 1 heterocycles. The first kappa shape index (κ1) is 10.1. The Kier molecular flexibility index (Phi) is 2.68. The van der Waals surface area contributed by atoms with E-state index in [1.165, 1.54) is 17.3 Å². The van der Waals surface area contributed by atoms with Crippen LogP contribution in [-0.2, 0) is 0 Å². The third-order valence-corrected chi connectivity index (χ3v) is 2.90. The molecule has 2 rings (SSSR count). The van der Waals surface area contributed by atoms with Gasteiger partial charge in [-0.1, -0.05) is 6.07 Å². The van der Waals surface area contributed by atoms with Crippen molar-refractivity contribution in [1.82, 2.24) is 4.98 Å². The van der Waals surface area contributed by atoms with Crippen LogP contribution in [-0.4, -0.2) is 4.98 Å². The van der Waals surface area contributed by atoms with Crippen LogP contribution in [0.2, 0.25) is 0 Å². The first-order valence-electron chi connectivity index (χ1n) is 4.61. The van der Waals surface area contributed by atoms with Gasteiger partial charge in [-0.3, -0.25) is 0 Å². The molecular formula is C11H12N2OS. The van der Waals surface area contributed by atoms with Gasteiger partial charge in [0.25, 0.3) is 5.22 Å². The first-order valence-corrected chi connectivity index (χ1v) is 5.43. The molecule has 0 unspecified atom stereocenters. The smallest absolute Gasteiger partial charge is 0.260 e. The van der Waals surface area contributed by atoms with E-state index in [0.717, 1.165) is 16.3 Å². The van der Waals surface area contributed by atoms with Gasteiger partial charge in [0.05, 0.1) is 5.69 Å². The monoisotopic (exact) mass is 220 g/mol. The van der Waals surface area contributed by atoms with Gasteiger partial charge in [0.1, 0.15) is 6.26 Å². The molecule has 1 aromatic heterocycles. The van der Waals surface area contributed by atoms with E-state index in [1.807, 2.05) is 32.0 Å². The van der Waals surface area contributed by atoms with E-state index in [4.69, 9.17) is 10.2 Å². The third-order valence-electron chi connectivity index (χ3n) is 1.96. The van der Waals surface area contributed by atoms with E-state index in [2.05, 4.69) is 4.98 Å². The molecule has 0 bridgehead atoms. The summed E-state index contributed by atoms with van der Waals surface area (Å²) in [6.45, 7) is 3.93. The Bertz CT molecular complexity index is 479. The fourth-order valence-corrected chi connectivity index (χ4v) is 2.11. The SMILES string of the molecule is Cc1ccc(N)c(Sc2nc(C)co2)c1. The molecule has 3 nitrogen and oxygen atoms in total. The number of hydrogen-bond donors (Lipinski definition) is 1. The number of rotatable bonds is 2. The van der Waals surface area contributed by atoms with Crippen molar-refractivity contribution in [3.8, 4) is 0 Å². The summed E-state index contributed by atoms with van der Waals surface area (Å²) in [4.78, 5) is 5.20. The van der Waals surface area contributed by atoms with Crippen molar-refractivity contribution in [2.24, 2.45) is 0 Å². The minimum Gasteiger partial charge on any atom is -0.439 e. The van der Waals surface area contributed by atoms with Crippen LogP contribution in [0.3, 0.4) is 0 Å². The van der Waals surface area contributed by atoms with E-state index >= 15 is 0 Å². The van der Waals surface area contributed by atoms with Gasteiger partial charge in [-0.2, -0.15) is 0 Å². The maximum absolute atomic E-state index is 5.85. The Balaban J connectivity index is 2.27. The van der Waals surface area contributed by atoms with Crippen LogP contribution < -0.4 is 5.73 Å². The number of aromatic nitrogens is 1. The third kappa shape index (κ3) is 2.33. The quantitative estimate of drug-likeness (QED) is 0.790. The first-order chi connectivity index (χ1) is 7.15. The second kappa shape index (κ2) is 3.98. The topological polar surface area (TPSA) is 52.0 Å². The molecule has 0 fully saturated rings. The predicted octanol–water partition coefficient (Wildman–Crippen LogP) is 3.02. The summed E-state index contributed by atoms with van der Waals surface area (Å²) in [5.74, 6) is 0. The number of nitrogen functional groups attached to an aromatic ring is 1. The van der Waals surface area contributed by atoms with Crippen LogP contribution in [0.5, 0.6) is 0 Å². The van der Waals surface area contributed by atoms with Crippen LogP contribution in [0.4, 0.5) is 5.69 Å². The van der Waals surface area contributed by atoms with E-state index in [1.54, 1.807) is 6.26 Å². The molecule has 1 aromatic carbocycles. The largest absolute Gasteiger partial charge is 0.439 e. The number of hydrogen-bond acceptors (Lipinski definition) is 4. The average molecular weight is 220 g/mol. The van der Waals surface area contributed by atoms with Gasteiger partial charge >= 0.3 is 0 Å². The summed E-state index contributed by atoms with van der Waals surface area (Å²) >= 11 is 1.45. The number of nitrogens with zero attached hydrogens (tertiary/aromatic N) is 1. The van der Waals surface area contributed by atoms with Gasteiger partial charge in [-0.25, -0.2) is 4.98 Å². The van der Waals surface area contributed by atoms with Gasteiger partial charge in [0.2, 0.25) is 0 Å². The van der Waals surface area contributed by atoms with Crippen molar-refractivity contribution >= 4 is 17.4 Å². The highest BCUT2D eigenvalue weighted by Gasteiger charge is 2.06. The lowest BCUT2D eigenvalue weighted by Gasteiger charge is -2.03. The molecule has 0 saturated carbocycles. The highest BCUT2D eigenvalue weighted by Crippen LogP contribution is 2.31. The second-order valence-corrected chi connectivity index (χ2v) is 4.39. The van der Waals surface area contributed by atoms with Gasteiger partial charge in [-0.05, 0) is 43.3 Å². The molecule has 2 aromatic rings. The number of aryl methyl sites for hydroxylation is 2. The van der Waals surface area contributed by atoms with Crippen molar-refractivity contribution in [3.63, 3.8) is 0 Å². The molecule has 2 N–H and O–H groups in total. The molecule has 0 saturated heterocycles. The molecule has 4 heteroatoms. The van der Waals surface area contributed by atoms with Crippen LogP contribution in [0.25, 0.3) is 0 Å². The lowest BCUT2D eigenvalue weighted by molar-refractivity contribution is 0.454. The molecular weight excluding hydrogens is 208 g/mol. The van der Waals surface area contributed by atoms with Crippen molar-refractivity contribution < 1.29 is 4.42 Å². The maximum atomic E-state index is 5.85. The molecule has 0 aliphatic carbocycles. The van der Waals surface area contributed by atoms with Crippen LogP contribution in [0, 0.1) is 13.8 Å². The van der Waals surface area contributed by atoms with Crippen LogP contribution in [0.1, 0.15) is 11.3 Å². The molecule has 78 valence electrons. The number of benzene rings is 1. The lowest BCUT2D eigenvalue weighted by Crippen LogP contribution is -1.88. The molecule has 0 spiro atoms. The zero-order chi connectivity index (χ0) is 10.8. The van der Waals surface area contributed by atoms with Gasteiger partial charge in [0, 0.05) is 10.6 Å². The summed E-state index contributed by atoms with van der Waals surface area (Å²) in [6, 6.07) is 5.91. The van der Waals surface area contributed by atoms with E-state index in [9.17, 15) is 0 Å². The zero-order valence-corrected chi connectivity index (χ0v) is 9.47. The Morgan fingerprint density at radius 1 is 1.33 bits per heavy atom. The van der Waals surface area contributed by atoms with Crippen molar-refractivity contribution in [2.45, 2.75) is 24.0 Å². The Morgan fingerprint density at radius 2 is 2.13 bits per heavy atom. The van der Waals surface area contributed by atoms with Crippen molar-refractivity contribution in [3.05, 3.63) is 35.7 Å². The summed E-state index contributed by atoms with van der Waals surface area (Å²) in [5, 5.41) is 0.629. The fourth-order valence-electron chi connectivity index (χ4n) is 1.20. The predicted molar refractivity (Wildman–Crippen MR) is 61.0 cm³/mol. The van der Waals surface area contributed by atoms with E-state index in [0.29, 0.717) is 5.22 Å². The standard InChI is InChI=1S/C11H12N2OS/c1-7-3-4-9(12)10(5-7)15-11-13-8(2)6-14-11/h3-6H,12H2,1-2H3. The number of oxazole rings is 1. The number of anilines is 1. The second-order valence-electron chi connectivity index (χ2n) is 3.40. The molecule has 0 atom stereocenters.